The molecule has 0 unspecified atom stereocenters. The molecule has 2 heterocycles. The summed E-state index contributed by atoms with van der Waals surface area (Å²) < 4.78 is 0. The molecule has 2 N–H and O–H groups in total. The lowest BCUT2D eigenvalue weighted by Crippen LogP contribution is -2.42. The van der Waals surface area contributed by atoms with E-state index in [1.54, 1.807) is 0 Å². The number of likely N-dealkylation sites (tertiary alicyclic amines) is 1. The van der Waals surface area contributed by atoms with Crippen molar-refractivity contribution in [1.29, 1.82) is 0 Å². The SMILES string of the molecule is I.NC(=NCc1ccccc1CN1CCCC1=O)N1CCSCC1. The first-order valence-electron chi connectivity index (χ1n) is 8.21. The second kappa shape index (κ2) is 9.50. The number of amides is 1. The number of hydrogen-bond donors (Lipinski definition) is 1. The van der Waals surface area contributed by atoms with E-state index in [0.717, 1.165) is 43.1 Å². The lowest BCUT2D eigenvalue weighted by atomic mass is 10.1. The molecule has 5 nitrogen and oxygen atoms in total. The Labute approximate surface area is 165 Å². The second-order valence-corrected chi connectivity index (χ2v) is 7.19. The Morgan fingerprint density at radius 3 is 2.54 bits per heavy atom. The van der Waals surface area contributed by atoms with Gasteiger partial charge in [-0.15, -0.1) is 24.0 Å². The maximum Gasteiger partial charge on any atom is 0.222 e. The van der Waals surface area contributed by atoms with Crippen LogP contribution in [0.3, 0.4) is 0 Å². The molecule has 3 rings (SSSR count). The molecule has 0 bridgehead atoms. The van der Waals surface area contributed by atoms with E-state index in [-0.39, 0.29) is 29.9 Å². The van der Waals surface area contributed by atoms with E-state index in [1.807, 2.05) is 28.8 Å². The normalized spacial score (nSPS) is 18.7. The molecule has 7 heteroatoms. The summed E-state index contributed by atoms with van der Waals surface area (Å²) in [4.78, 5) is 20.5. The van der Waals surface area contributed by atoms with Crippen LogP contribution in [0.5, 0.6) is 0 Å². The van der Waals surface area contributed by atoms with E-state index in [4.69, 9.17) is 5.73 Å². The first-order valence-corrected chi connectivity index (χ1v) is 9.36. The first-order chi connectivity index (χ1) is 11.2. The van der Waals surface area contributed by atoms with Gasteiger partial charge in [-0.1, -0.05) is 24.3 Å². The number of guanidine groups is 1. The van der Waals surface area contributed by atoms with Gasteiger partial charge in [0.1, 0.15) is 0 Å². The van der Waals surface area contributed by atoms with Crippen molar-refractivity contribution in [3.63, 3.8) is 0 Å². The van der Waals surface area contributed by atoms with Gasteiger partial charge >= 0.3 is 0 Å². The third-order valence-corrected chi connectivity index (χ3v) is 5.34. The largest absolute Gasteiger partial charge is 0.370 e. The minimum atomic E-state index is 0. The molecule has 132 valence electrons. The number of nitrogens with two attached hydrogens (primary N) is 1. The van der Waals surface area contributed by atoms with Crippen molar-refractivity contribution in [2.24, 2.45) is 10.7 Å². The zero-order valence-electron chi connectivity index (χ0n) is 13.8. The van der Waals surface area contributed by atoms with Crippen molar-refractivity contribution in [1.82, 2.24) is 9.80 Å². The highest BCUT2D eigenvalue weighted by Gasteiger charge is 2.20. The van der Waals surface area contributed by atoms with Crippen LogP contribution in [0.15, 0.2) is 29.3 Å². The minimum absolute atomic E-state index is 0. The monoisotopic (exact) mass is 460 g/mol. The molecular weight excluding hydrogens is 435 g/mol. The summed E-state index contributed by atoms with van der Waals surface area (Å²) in [5, 5.41) is 0. The summed E-state index contributed by atoms with van der Waals surface area (Å²) in [7, 11) is 0. The van der Waals surface area contributed by atoms with Crippen LogP contribution in [0.25, 0.3) is 0 Å². The van der Waals surface area contributed by atoms with Crippen LogP contribution >= 0.6 is 35.7 Å². The zero-order chi connectivity index (χ0) is 16.1. The highest BCUT2D eigenvalue weighted by Crippen LogP contribution is 2.18. The lowest BCUT2D eigenvalue weighted by molar-refractivity contribution is -0.128. The highest BCUT2D eigenvalue weighted by molar-refractivity contribution is 14.0. The first kappa shape index (κ1) is 19.4. The standard InChI is InChI=1S/C17H24N4OS.HI/c18-17(20-8-10-23-11-9-20)19-12-14-4-1-2-5-15(14)13-21-7-3-6-16(21)22;/h1-2,4-5H,3,6-13H2,(H2,18,19);1H. The fraction of sp³-hybridized carbons (Fsp3) is 0.529. The van der Waals surface area contributed by atoms with E-state index in [9.17, 15) is 4.79 Å². The van der Waals surface area contributed by atoms with Crippen LogP contribution in [-0.4, -0.2) is 52.8 Å². The Morgan fingerprint density at radius 2 is 1.88 bits per heavy atom. The number of nitrogens with zero attached hydrogens (tertiary/aromatic N) is 3. The van der Waals surface area contributed by atoms with Gasteiger partial charge in [-0.05, 0) is 17.5 Å². The molecule has 0 aromatic heterocycles. The number of carbonyl (C=O) groups excluding carboxylic acids is 1. The molecule has 1 aromatic rings. The number of thioether (sulfide) groups is 1. The van der Waals surface area contributed by atoms with Crippen molar-refractivity contribution in [3.05, 3.63) is 35.4 Å². The van der Waals surface area contributed by atoms with Gasteiger partial charge in [0, 0.05) is 44.1 Å². The number of rotatable bonds is 4. The summed E-state index contributed by atoms with van der Waals surface area (Å²) in [5.74, 6) is 3.12. The number of benzene rings is 1. The van der Waals surface area contributed by atoms with Crippen LogP contribution < -0.4 is 5.73 Å². The Kier molecular flexibility index (Phi) is 7.67. The van der Waals surface area contributed by atoms with E-state index >= 15 is 0 Å². The van der Waals surface area contributed by atoms with Crippen molar-refractivity contribution >= 4 is 47.6 Å². The van der Waals surface area contributed by atoms with Crippen molar-refractivity contribution in [2.45, 2.75) is 25.9 Å². The van der Waals surface area contributed by atoms with Crippen molar-refractivity contribution < 1.29 is 4.79 Å². The van der Waals surface area contributed by atoms with E-state index in [0.29, 0.717) is 25.5 Å². The van der Waals surface area contributed by atoms with Gasteiger partial charge in [0.15, 0.2) is 5.96 Å². The van der Waals surface area contributed by atoms with E-state index in [2.05, 4.69) is 22.0 Å². The molecule has 1 amide bonds. The summed E-state index contributed by atoms with van der Waals surface area (Å²) in [6, 6.07) is 8.21. The number of carbonyl (C=O) groups is 1. The number of aliphatic imine (C=N–C) groups is 1. The Balaban J connectivity index is 0.00000208. The predicted molar refractivity (Wildman–Crippen MR) is 111 cm³/mol. The Bertz CT molecular complexity index is 590. The fourth-order valence-electron chi connectivity index (χ4n) is 3.00. The molecule has 2 saturated heterocycles. The molecule has 2 aliphatic heterocycles. The van der Waals surface area contributed by atoms with Gasteiger partial charge in [-0.25, -0.2) is 4.99 Å². The molecule has 0 aliphatic carbocycles. The molecule has 1 aromatic carbocycles. The summed E-state index contributed by atoms with van der Waals surface area (Å²) in [5.41, 5.74) is 8.46. The highest BCUT2D eigenvalue weighted by atomic mass is 127. The van der Waals surface area contributed by atoms with Crippen LogP contribution in [0.4, 0.5) is 0 Å². The maximum atomic E-state index is 11.8. The van der Waals surface area contributed by atoms with Gasteiger partial charge in [0.05, 0.1) is 6.54 Å². The van der Waals surface area contributed by atoms with E-state index < -0.39 is 0 Å². The molecule has 0 radical (unpaired) electrons. The number of halogens is 1. The summed E-state index contributed by atoms with van der Waals surface area (Å²) >= 11 is 1.96. The Hall–Kier alpha value is -0.960. The van der Waals surface area contributed by atoms with E-state index in [1.165, 1.54) is 5.56 Å². The average molecular weight is 460 g/mol. The number of hydrogen-bond acceptors (Lipinski definition) is 3. The van der Waals surface area contributed by atoms with Gasteiger partial charge in [0.2, 0.25) is 5.91 Å². The smallest absolute Gasteiger partial charge is 0.222 e. The van der Waals surface area contributed by atoms with Gasteiger partial charge < -0.3 is 15.5 Å². The van der Waals surface area contributed by atoms with Gasteiger partial charge in [-0.2, -0.15) is 11.8 Å². The molecular formula is C17H25IN4OS. The minimum Gasteiger partial charge on any atom is -0.370 e. The molecule has 0 spiro atoms. The van der Waals surface area contributed by atoms with Crippen LogP contribution in [0, 0.1) is 0 Å². The maximum absolute atomic E-state index is 11.8. The summed E-state index contributed by atoms with van der Waals surface area (Å²) in [6.07, 6.45) is 1.65. The third kappa shape index (κ3) is 5.02. The average Bonchev–Trinajstić information content (AvgIpc) is 2.99. The third-order valence-electron chi connectivity index (χ3n) is 4.40. The van der Waals surface area contributed by atoms with Crippen LogP contribution in [-0.2, 0) is 17.9 Å². The quantitative estimate of drug-likeness (QED) is 0.426. The zero-order valence-corrected chi connectivity index (χ0v) is 17.0. The molecule has 2 aliphatic rings. The van der Waals surface area contributed by atoms with Crippen molar-refractivity contribution in [2.75, 3.05) is 31.1 Å². The second-order valence-electron chi connectivity index (χ2n) is 5.96. The molecule has 2 fully saturated rings. The Morgan fingerprint density at radius 1 is 1.17 bits per heavy atom. The molecule has 0 atom stereocenters. The van der Waals surface area contributed by atoms with Gasteiger partial charge in [-0.3, -0.25) is 4.79 Å². The predicted octanol–water partition coefficient (Wildman–Crippen LogP) is 2.29. The van der Waals surface area contributed by atoms with Crippen LogP contribution in [0.1, 0.15) is 24.0 Å². The summed E-state index contributed by atoms with van der Waals surface area (Å²) in [6.45, 7) is 4.08. The fourth-order valence-corrected chi connectivity index (χ4v) is 3.90. The van der Waals surface area contributed by atoms with Crippen LogP contribution in [0.2, 0.25) is 0 Å². The topological polar surface area (TPSA) is 61.9 Å². The van der Waals surface area contributed by atoms with Gasteiger partial charge in [0.25, 0.3) is 0 Å². The molecule has 24 heavy (non-hydrogen) atoms. The van der Waals surface area contributed by atoms with Crippen molar-refractivity contribution in [3.8, 4) is 0 Å². The molecule has 0 saturated carbocycles. The lowest BCUT2D eigenvalue weighted by Gasteiger charge is -2.27.